The Morgan fingerprint density at radius 3 is 2.27 bits per heavy atom. The summed E-state index contributed by atoms with van der Waals surface area (Å²) < 4.78 is 18.4. The van der Waals surface area contributed by atoms with Gasteiger partial charge in [-0.1, -0.05) is 0 Å². The molecule has 0 unspecified atom stereocenters. The molecule has 0 saturated carbocycles. The average Bonchev–Trinajstić information content (AvgIpc) is 2.71. The second-order valence-electron chi connectivity index (χ2n) is 2.77. The first kappa shape index (κ1) is 12.4. The highest BCUT2D eigenvalue weighted by Crippen LogP contribution is 2.58. The van der Waals surface area contributed by atoms with Crippen molar-refractivity contribution in [3.8, 4) is 0 Å². The van der Waals surface area contributed by atoms with E-state index in [1.807, 2.05) is 20.8 Å². The Balaban J connectivity index is 2.69. The van der Waals surface area contributed by atoms with Crippen molar-refractivity contribution >= 4 is 7.94 Å². The van der Waals surface area contributed by atoms with Gasteiger partial charge in [-0.2, -0.15) is 13.7 Å². The van der Waals surface area contributed by atoms with Gasteiger partial charge in [0.05, 0.1) is 19.4 Å². The van der Waals surface area contributed by atoms with Crippen molar-refractivity contribution in [1.82, 2.24) is 9.71 Å². The van der Waals surface area contributed by atoms with Gasteiger partial charge in [0.2, 0.25) is 0 Å². The van der Waals surface area contributed by atoms with E-state index in [0.717, 1.165) is 0 Å². The normalized spacial score (nSPS) is 11.7. The summed E-state index contributed by atoms with van der Waals surface area (Å²) in [6.07, 6.45) is 5.68. The van der Waals surface area contributed by atoms with E-state index in [0.29, 0.717) is 19.4 Å². The van der Waals surface area contributed by atoms with Crippen LogP contribution in [0.3, 0.4) is 0 Å². The van der Waals surface area contributed by atoms with E-state index >= 15 is 0 Å². The predicted molar refractivity (Wildman–Crippen MR) is 59.5 cm³/mol. The summed E-state index contributed by atoms with van der Waals surface area (Å²) >= 11 is 0. The molecular weight excluding hydrogens is 215 g/mol. The predicted octanol–water partition coefficient (Wildman–Crippen LogP) is 2.17. The molecular formula is C9H18N2O3P+. The summed E-state index contributed by atoms with van der Waals surface area (Å²) in [5.41, 5.74) is 0. The SMILES string of the molecule is CCO[P+](CC)(OCC)On1ccnc1. The molecule has 15 heavy (non-hydrogen) atoms. The Bertz CT molecular complexity index is 260. The summed E-state index contributed by atoms with van der Waals surface area (Å²) in [4.78, 5) is 3.91. The first-order valence-electron chi connectivity index (χ1n) is 5.11. The van der Waals surface area contributed by atoms with Crippen molar-refractivity contribution < 1.29 is 13.7 Å². The van der Waals surface area contributed by atoms with E-state index in [4.69, 9.17) is 13.7 Å². The van der Waals surface area contributed by atoms with Gasteiger partial charge in [0, 0.05) is 6.20 Å². The minimum absolute atomic E-state index is 0.580. The smallest absolute Gasteiger partial charge is 0.241 e. The Morgan fingerprint density at radius 1 is 1.20 bits per heavy atom. The first-order chi connectivity index (χ1) is 7.26. The quantitative estimate of drug-likeness (QED) is 0.677. The molecule has 86 valence electrons. The van der Waals surface area contributed by atoms with Crippen molar-refractivity contribution in [3.63, 3.8) is 0 Å². The Kier molecular flexibility index (Phi) is 5.02. The third kappa shape index (κ3) is 3.45. The third-order valence-corrected chi connectivity index (χ3v) is 4.25. The number of aromatic nitrogens is 2. The van der Waals surface area contributed by atoms with Crippen molar-refractivity contribution in [2.45, 2.75) is 20.8 Å². The van der Waals surface area contributed by atoms with Crippen LogP contribution < -0.4 is 4.62 Å². The van der Waals surface area contributed by atoms with Crippen LogP contribution in [-0.2, 0) is 9.05 Å². The Labute approximate surface area is 90.9 Å². The maximum Gasteiger partial charge on any atom is 0.488 e. The molecule has 1 heterocycles. The molecule has 0 aliphatic rings. The molecule has 0 saturated heterocycles. The van der Waals surface area contributed by atoms with Crippen LogP contribution in [0, 0.1) is 0 Å². The topological polar surface area (TPSA) is 45.5 Å². The lowest BCUT2D eigenvalue weighted by Crippen LogP contribution is -2.19. The van der Waals surface area contributed by atoms with Crippen LogP contribution in [0.2, 0.25) is 0 Å². The second-order valence-corrected chi connectivity index (χ2v) is 5.30. The number of hydrogen-bond donors (Lipinski definition) is 0. The molecule has 1 rings (SSSR count). The van der Waals surface area contributed by atoms with E-state index in [-0.39, 0.29) is 0 Å². The largest absolute Gasteiger partial charge is 0.488 e. The molecule has 0 spiro atoms. The summed E-state index contributed by atoms with van der Waals surface area (Å²) in [7, 11) is -2.24. The van der Waals surface area contributed by atoms with Crippen LogP contribution in [0.15, 0.2) is 18.7 Å². The first-order valence-corrected chi connectivity index (χ1v) is 6.84. The van der Waals surface area contributed by atoms with Gasteiger partial charge in [-0.15, -0.1) is 4.73 Å². The van der Waals surface area contributed by atoms with E-state index < -0.39 is 7.94 Å². The molecule has 5 nitrogen and oxygen atoms in total. The van der Waals surface area contributed by atoms with Gasteiger partial charge in [-0.3, -0.25) is 0 Å². The lowest BCUT2D eigenvalue weighted by Gasteiger charge is -2.19. The monoisotopic (exact) mass is 233 g/mol. The average molecular weight is 233 g/mol. The van der Waals surface area contributed by atoms with Crippen LogP contribution >= 0.6 is 7.94 Å². The molecule has 6 heteroatoms. The molecule has 1 aromatic heterocycles. The van der Waals surface area contributed by atoms with E-state index in [9.17, 15) is 0 Å². The number of nitrogens with zero attached hydrogens (tertiary/aromatic N) is 2. The Hall–Kier alpha value is -0.640. The molecule has 0 bridgehead atoms. The zero-order chi connectivity index (χ0) is 11.1. The molecule has 0 aliphatic heterocycles. The Morgan fingerprint density at radius 2 is 1.87 bits per heavy atom. The van der Waals surface area contributed by atoms with E-state index in [2.05, 4.69) is 4.98 Å². The van der Waals surface area contributed by atoms with Crippen LogP contribution in [0.4, 0.5) is 0 Å². The number of imidazole rings is 1. The maximum atomic E-state index is 5.69. The fraction of sp³-hybridized carbons (Fsp3) is 0.667. The van der Waals surface area contributed by atoms with Crippen molar-refractivity contribution in [1.29, 1.82) is 0 Å². The molecule has 0 radical (unpaired) electrons. The molecule has 0 N–H and O–H groups in total. The van der Waals surface area contributed by atoms with Gasteiger partial charge in [0.1, 0.15) is 12.5 Å². The lowest BCUT2D eigenvalue weighted by atomic mass is 10.9. The molecule has 0 fully saturated rings. The fourth-order valence-corrected chi connectivity index (χ4v) is 2.98. The summed E-state index contributed by atoms with van der Waals surface area (Å²) in [5, 5.41) is 0. The maximum absolute atomic E-state index is 5.69. The minimum Gasteiger partial charge on any atom is -0.241 e. The summed E-state index contributed by atoms with van der Waals surface area (Å²) in [6.45, 7) is 7.02. The van der Waals surface area contributed by atoms with Gasteiger partial charge in [0.25, 0.3) is 0 Å². The van der Waals surface area contributed by atoms with Crippen LogP contribution in [0.1, 0.15) is 20.8 Å². The number of rotatable bonds is 7. The number of hydrogen-bond acceptors (Lipinski definition) is 4. The highest BCUT2D eigenvalue weighted by Gasteiger charge is 2.45. The van der Waals surface area contributed by atoms with Crippen molar-refractivity contribution in [2.24, 2.45) is 0 Å². The fourth-order valence-electron chi connectivity index (χ4n) is 1.16. The van der Waals surface area contributed by atoms with Crippen LogP contribution in [0.25, 0.3) is 0 Å². The van der Waals surface area contributed by atoms with Gasteiger partial charge in [-0.05, 0) is 20.8 Å². The molecule has 0 atom stereocenters. The zero-order valence-electron chi connectivity index (χ0n) is 9.42. The standard InChI is InChI=1S/C9H18N2O3P/c1-4-12-15(6-3,13-5-2)14-11-8-7-10-9-11/h7-9H,4-6H2,1-3H3/q+1. The highest BCUT2D eigenvalue weighted by atomic mass is 31.2. The van der Waals surface area contributed by atoms with E-state index in [1.165, 1.54) is 4.73 Å². The zero-order valence-corrected chi connectivity index (χ0v) is 10.3. The summed E-state index contributed by atoms with van der Waals surface area (Å²) in [6, 6.07) is 0. The molecule has 1 aromatic rings. The molecule has 0 aliphatic carbocycles. The van der Waals surface area contributed by atoms with Crippen LogP contribution in [0.5, 0.6) is 0 Å². The van der Waals surface area contributed by atoms with Gasteiger partial charge >= 0.3 is 7.94 Å². The van der Waals surface area contributed by atoms with Crippen LogP contribution in [-0.4, -0.2) is 29.1 Å². The van der Waals surface area contributed by atoms with Gasteiger partial charge in [-0.25, -0.2) is 4.98 Å². The van der Waals surface area contributed by atoms with E-state index in [1.54, 1.807) is 18.7 Å². The van der Waals surface area contributed by atoms with Crippen molar-refractivity contribution in [2.75, 3.05) is 19.4 Å². The van der Waals surface area contributed by atoms with Crippen molar-refractivity contribution in [3.05, 3.63) is 18.7 Å². The second kappa shape index (κ2) is 6.05. The third-order valence-electron chi connectivity index (χ3n) is 1.74. The lowest BCUT2D eigenvalue weighted by molar-refractivity contribution is 0.135. The van der Waals surface area contributed by atoms with Gasteiger partial charge in [0.15, 0.2) is 0 Å². The highest BCUT2D eigenvalue weighted by molar-refractivity contribution is 7.61. The van der Waals surface area contributed by atoms with Gasteiger partial charge < -0.3 is 0 Å². The molecule has 0 aromatic carbocycles. The molecule has 0 amide bonds. The summed E-state index contributed by atoms with van der Waals surface area (Å²) in [5.74, 6) is 0. The minimum atomic E-state index is -2.24.